The zero-order valence-corrected chi connectivity index (χ0v) is 8.81. The van der Waals surface area contributed by atoms with Gasteiger partial charge in [0.1, 0.15) is 9.84 Å². The van der Waals surface area contributed by atoms with Gasteiger partial charge in [0.2, 0.25) is 0 Å². The molecular formula is C8H18N2O2S. The predicted molar refractivity (Wildman–Crippen MR) is 52.8 cm³/mol. The molecule has 1 aliphatic carbocycles. The van der Waals surface area contributed by atoms with Crippen molar-refractivity contribution in [1.82, 2.24) is 5.43 Å². The van der Waals surface area contributed by atoms with Crippen LogP contribution in [-0.4, -0.2) is 26.5 Å². The second-order valence-electron chi connectivity index (χ2n) is 3.88. The molecule has 1 atom stereocenters. The van der Waals surface area contributed by atoms with Gasteiger partial charge < -0.3 is 0 Å². The molecule has 0 aromatic rings. The lowest BCUT2D eigenvalue weighted by Crippen LogP contribution is -2.44. The van der Waals surface area contributed by atoms with Gasteiger partial charge in [0.05, 0.1) is 5.75 Å². The van der Waals surface area contributed by atoms with Crippen LogP contribution in [0.5, 0.6) is 0 Å². The molecular weight excluding hydrogens is 188 g/mol. The Hall–Kier alpha value is -0.130. The van der Waals surface area contributed by atoms with Crippen molar-refractivity contribution in [2.75, 3.05) is 12.0 Å². The maximum atomic E-state index is 10.9. The molecule has 0 amide bonds. The number of sulfone groups is 1. The van der Waals surface area contributed by atoms with Crippen LogP contribution in [0.25, 0.3) is 0 Å². The Morgan fingerprint density at radius 2 is 2.15 bits per heavy atom. The lowest BCUT2D eigenvalue weighted by atomic mass is 9.79. The number of nitrogens with one attached hydrogen (secondary N) is 1. The van der Waals surface area contributed by atoms with Gasteiger partial charge in [0, 0.05) is 12.3 Å². The highest BCUT2D eigenvalue weighted by Crippen LogP contribution is 2.30. The van der Waals surface area contributed by atoms with E-state index in [2.05, 4.69) is 5.43 Å². The van der Waals surface area contributed by atoms with Crippen LogP contribution < -0.4 is 11.3 Å². The molecule has 0 aromatic heterocycles. The Kier molecular flexibility index (Phi) is 3.70. The summed E-state index contributed by atoms with van der Waals surface area (Å²) in [5, 5.41) is 0. The Bertz CT molecular complexity index is 247. The summed E-state index contributed by atoms with van der Waals surface area (Å²) < 4.78 is 21.8. The summed E-state index contributed by atoms with van der Waals surface area (Å²) in [4.78, 5) is 0. The van der Waals surface area contributed by atoms with E-state index >= 15 is 0 Å². The van der Waals surface area contributed by atoms with E-state index in [-0.39, 0.29) is 11.8 Å². The average Bonchev–Trinajstić information content (AvgIpc) is 1.91. The molecule has 0 bridgehead atoms. The van der Waals surface area contributed by atoms with Crippen LogP contribution in [0.1, 0.15) is 25.7 Å². The van der Waals surface area contributed by atoms with Gasteiger partial charge in [-0.2, -0.15) is 0 Å². The third-order valence-electron chi connectivity index (χ3n) is 2.73. The van der Waals surface area contributed by atoms with Crippen molar-refractivity contribution in [2.24, 2.45) is 11.8 Å². The third-order valence-corrected chi connectivity index (χ3v) is 3.71. The third kappa shape index (κ3) is 3.62. The number of hydrazine groups is 1. The number of hydrogen-bond donors (Lipinski definition) is 2. The van der Waals surface area contributed by atoms with E-state index < -0.39 is 9.84 Å². The molecule has 13 heavy (non-hydrogen) atoms. The quantitative estimate of drug-likeness (QED) is 0.492. The molecule has 0 aliphatic heterocycles. The van der Waals surface area contributed by atoms with Crippen molar-refractivity contribution in [2.45, 2.75) is 31.7 Å². The van der Waals surface area contributed by atoms with Crippen molar-refractivity contribution in [3.63, 3.8) is 0 Å². The van der Waals surface area contributed by atoms with Gasteiger partial charge in [-0.05, 0) is 25.2 Å². The fraction of sp³-hybridized carbons (Fsp3) is 1.00. The highest BCUT2D eigenvalue weighted by atomic mass is 32.2. The second kappa shape index (κ2) is 4.39. The monoisotopic (exact) mass is 206 g/mol. The average molecular weight is 206 g/mol. The molecule has 0 aromatic carbocycles. The zero-order chi connectivity index (χ0) is 9.90. The van der Waals surface area contributed by atoms with Gasteiger partial charge in [-0.3, -0.25) is 11.3 Å². The van der Waals surface area contributed by atoms with Gasteiger partial charge in [0.25, 0.3) is 0 Å². The molecule has 1 unspecified atom stereocenters. The van der Waals surface area contributed by atoms with Crippen LogP contribution in [-0.2, 0) is 9.84 Å². The summed E-state index contributed by atoms with van der Waals surface area (Å²) in [6.45, 7) is 0. The van der Waals surface area contributed by atoms with E-state index in [9.17, 15) is 8.42 Å². The summed E-state index contributed by atoms with van der Waals surface area (Å²) >= 11 is 0. The smallest absolute Gasteiger partial charge is 0.147 e. The number of nitrogens with two attached hydrogens (primary N) is 1. The zero-order valence-electron chi connectivity index (χ0n) is 7.99. The van der Waals surface area contributed by atoms with Crippen LogP contribution in [0.2, 0.25) is 0 Å². The summed E-state index contributed by atoms with van der Waals surface area (Å²) in [5.41, 5.74) is 2.71. The molecule has 1 aliphatic rings. The first-order valence-electron chi connectivity index (χ1n) is 4.67. The lowest BCUT2D eigenvalue weighted by Gasteiger charge is -2.33. The fourth-order valence-electron chi connectivity index (χ4n) is 1.64. The van der Waals surface area contributed by atoms with E-state index in [1.54, 1.807) is 0 Å². The summed E-state index contributed by atoms with van der Waals surface area (Å²) in [5.74, 6) is 6.19. The molecule has 0 heterocycles. The molecule has 1 saturated carbocycles. The van der Waals surface area contributed by atoms with E-state index in [0.29, 0.717) is 12.3 Å². The van der Waals surface area contributed by atoms with Crippen molar-refractivity contribution in [1.29, 1.82) is 0 Å². The van der Waals surface area contributed by atoms with Crippen LogP contribution in [0.4, 0.5) is 0 Å². The molecule has 1 rings (SSSR count). The minimum Gasteiger partial charge on any atom is -0.271 e. The van der Waals surface area contributed by atoms with Gasteiger partial charge in [-0.15, -0.1) is 0 Å². The Balaban J connectivity index is 2.31. The van der Waals surface area contributed by atoms with Crippen molar-refractivity contribution in [3.8, 4) is 0 Å². The first kappa shape index (κ1) is 10.9. The topological polar surface area (TPSA) is 72.2 Å². The summed E-state index contributed by atoms with van der Waals surface area (Å²) in [6, 6.07) is 0.184. The molecule has 0 saturated heterocycles. The van der Waals surface area contributed by atoms with E-state index in [4.69, 9.17) is 5.84 Å². The van der Waals surface area contributed by atoms with Gasteiger partial charge in [-0.1, -0.05) is 6.42 Å². The van der Waals surface area contributed by atoms with E-state index in [1.807, 2.05) is 0 Å². The molecule has 78 valence electrons. The first-order valence-corrected chi connectivity index (χ1v) is 6.73. The first-order chi connectivity index (χ1) is 6.03. The van der Waals surface area contributed by atoms with Crippen LogP contribution in [0, 0.1) is 5.92 Å². The molecule has 1 fully saturated rings. The van der Waals surface area contributed by atoms with Gasteiger partial charge in [-0.25, -0.2) is 8.42 Å². The largest absolute Gasteiger partial charge is 0.271 e. The van der Waals surface area contributed by atoms with Crippen molar-refractivity contribution < 1.29 is 8.42 Å². The fourth-order valence-corrected chi connectivity index (χ4v) is 2.32. The summed E-state index contributed by atoms with van der Waals surface area (Å²) in [6.07, 6.45) is 5.51. The minimum absolute atomic E-state index is 0.184. The summed E-state index contributed by atoms with van der Waals surface area (Å²) in [7, 11) is -2.84. The van der Waals surface area contributed by atoms with Crippen LogP contribution in [0.3, 0.4) is 0 Å². The van der Waals surface area contributed by atoms with E-state index in [1.165, 1.54) is 25.5 Å². The Labute approximate surface area is 79.8 Å². The number of hydrogen-bond acceptors (Lipinski definition) is 4. The molecule has 4 nitrogen and oxygen atoms in total. The predicted octanol–water partition coefficient (Wildman–Crippen LogP) is 0.0531. The Morgan fingerprint density at radius 3 is 2.46 bits per heavy atom. The Morgan fingerprint density at radius 1 is 1.54 bits per heavy atom. The van der Waals surface area contributed by atoms with Gasteiger partial charge in [0.15, 0.2) is 0 Å². The van der Waals surface area contributed by atoms with Crippen molar-refractivity contribution >= 4 is 9.84 Å². The molecule has 0 radical (unpaired) electrons. The maximum Gasteiger partial charge on any atom is 0.147 e. The van der Waals surface area contributed by atoms with Crippen LogP contribution in [0.15, 0.2) is 0 Å². The van der Waals surface area contributed by atoms with Crippen LogP contribution >= 0.6 is 0 Å². The molecule has 3 N–H and O–H groups in total. The van der Waals surface area contributed by atoms with E-state index in [0.717, 1.165) is 0 Å². The maximum absolute atomic E-state index is 10.9. The second-order valence-corrected chi connectivity index (χ2v) is 6.14. The normalized spacial score (nSPS) is 21.1. The standard InChI is InChI=1S/C8H18N2O2S/c1-13(11,12)6-5-8(10-9)7-3-2-4-7/h7-8,10H,2-6,9H2,1H3. The molecule has 0 spiro atoms. The van der Waals surface area contributed by atoms with Crippen molar-refractivity contribution in [3.05, 3.63) is 0 Å². The minimum atomic E-state index is -2.84. The highest BCUT2D eigenvalue weighted by molar-refractivity contribution is 7.90. The van der Waals surface area contributed by atoms with Gasteiger partial charge >= 0.3 is 0 Å². The lowest BCUT2D eigenvalue weighted by molar-refractivity contribution is 0.226. The molecule has 5 heteroatoms. The number of rotatable bonds is 5. The highest BCUT2D eigenvalue weighted by Gasteiger charge is 2.26. The SMILES string of the molecule is CS(=O)(=O)CCC(NN)C1CCC1.